The third-order valence-electron chi connectivity index (χ3n) is 1.88. The summed E-state index contributed by atoms with van der Waals surface area (Å²) in [6.07, 6.45) is -1.04. The maximum absolute atomic E-state index is 11.5. The number of methoxy groups -OCH3 is 1. The Kier molecular flexibility index (Phi) is 4.00. The van der Waals surface area contributed by atoms with Gasteiger partial charge in [-0.1, -0.05) is 18.2 Å². The summed E-state index contributed by atoms with van der Waals surface area (Å²) < 4.78 is 4.78. The van der Waals surface area contributed by atoms with Crippen LogP contribution in [-0.4, -0.2) is 24.9 Å². The van der Waals surface area contributed by atoms with Crippen molar-refractivity contribution >= 4 is 17.4 Å². The fourth-order valence-electron chi connectivity index (χ4n) is 1.19. The van der Waals surface area contributed by atoms with E-state index in [1.807, 2.05) is 6.07 Å². The van der Waals surface area contributed by atoms with E-state index in [0.717, 1.165) is 0 Å². The van der Waals surface area contributed by atoms with E-state index in [4.69, 9.17) is 4.74 Å². The molecular formula is C11H13NO3. The van der Waals surface area contributed by atoms with Crippen molar-refractivity contribution in [2.45, 2.75) is 13.0 Å². The van der Waals surface area contributed by atoms with E-state index in [9.17, 15) is 9.59 Å². The first kappa shape index (κ1) is 11.4. The predicted molar refractivity (Wildman–Crippen MR) is 56.5 cm³/mol. The zero-order chi connectivity index (χ0) is 11.3. The van der Waals surface area contributed by atoms with E-state index in [1.54, 1.807) is 24.3 Å². The van der Waals surface area contributed by atoms with Gasteiger partial charge in [0.1, 0.15) is 0 Å². The van der Waals surface area contributed by atoms with Crippen LogP contribution < -0.4 is 5.32 Å². The zero-order valence-electron chi connectivity index (χ0n) is 8.69. The normalized spacial score (nSPS) is 11.9. The molecule has 1 aromatic carbocycles. The topological polar surface area (TPSA) is 55.4 Å². The molecule has 1 amide bonds. The van der Waals surface area contributed by atoms with Crippen LogP contribution in [0, 0.1) is 0 Å². The van der Waals surface area contributed by atoms with E-state index in [1.165, 1.54) is 14.0 Å². The standard InChI is InChI=1S/C11H13NO3/c1-8(13)10(15-2)11(14)12-9-6-4-3-5-7-9/h3-7,10H,1-2H3,(H,12,14). The number of para-hydroxylation sites is 1. The summed E-state index contributed by atoms with van der Waals surface area (Å²) in [7, 11) is 1.33. The highest BCUT2D eigenvalue weighted by Crippen LogP contribution is 2.06. The molecule has 1 aromatic rings. The van der Waals surface area contributed by atoms with Crippen LogP contribution in [-0.2, 0) is 14.3 Å². The van der Waals surface area contributed by atoms with Gasteiger partial charge in [-0.2, -0.15) is 0 Å². The molecule has 1 N–H and O–H groups in total. The Morgan fingerprint density at radius 3 is 2.33 bits per heavy atom. The number of carbonyl (C=O) groups is 2. The highest BCUT2D eigenvalue weighted by Gasteiger charge is 2.22. The molecule has 0 aliphatic rings. The van der Waals surface area contributed by atoms with Gasteiger partial charge < -0.3 is 10.1 Å². The molecule has 0 spiro atoms. The second kappa shape index (κ2) is 5.26. The Bertz CT molecular complexity index is 348. The van der Waals surface area contributed by atoms with Gasteiger partial charge in [0.25, 0.3) is 5.91 Å². The lowest BCUT2D eigenvalue weighted by atomic mass is 10.2. The summed E-state index contributed by atoms with van der Waals surface area (Å²) in [5, 5.41) is 2.59. The van der Waals surface area contributed by atoms with Crippen LogP contribution in [0.2, 0.25) is 0 Å². The number of ketones is 1. The van der Waals surface area contributed by atoms with E-state index < -0.39 is 12.0 Å². The second-order valence-corrected chi connectivity index (χ2v) is 3.08. The molecule has 80 valence electrons. The first-order chi connectivity index (χ1) is 7.15. The van der Waals surface area contributed by atoms with Crippen molar-refractivity contribution in [2.24, 2.45) is 0 Å². The molecule has 15 heavy (non-hydrogen) atoms. The van der Waals surface area contributed by atoms with Gasteiger partial charge in [0.15, 0.2) is 11.9 Å². The van der Waals surface area contributed by atoms with Crippen molar-refractivity contribution in [2.75, 3.05) is 12.4 Å². The third kappa shape index (κ3) is 3.18. The van der Waals surface area contributed by atoms with Gasteiger partial charge in [-0.25, -0.2) is 0 Å². The second-order valence-electron chi connectivity index (χ2n) is 3.08. The highest BCUT2D eigenvalue weighted by molar-refractivity contribution is 6.09. The number of amides is 1. The van der Waals surface area contributed by atoms with Crippen molar-refractivity contribution in [3.05, 3.63) is 30.3 Å². The summed E-state index contributed by atoms with van der Waals surface area (Å²) >= 11 is 0. The Morgan fingerprint density at radius 2 is 1.87 bits per heavy atom. The number of rotatable bonds is 4. The van der Waals surface area contributed by atoms with E-state index in [2.05, 4.69) is 5.32 Å². The molecule has 0 aromatic heterocycles. The number of carbonyl (C=O) groups excluding carboxylic acids is 2. The van der Waals surface area contributed by atoms with Crippen molar-refractivity contribution in [3.63, 3.8) is 0 Å². The van der Waals surface area contributed by atoms with Crippen LogP contribution in [0.25, 0.3) is 0 Å². The quantitative estimate of drug-likeness (QED) is 0.755. The number of benzene rings is 1. The maximum Gasteiger partial charge on any atom is 0.261 e. The fourth-order valence-corrected chi connectivity index (χ4v) is 1.19. The van der Waals surface area contributed by atoms with Gasteiger partial charge in [-0.05, 0) is 19.1 Å². The molecule has 0 saturated carbocycles. The van der Waals surface area contributed by atoms with Gasteiger partial charge in [0.2, 0.25) is 0 Å². The summed E-state index contributed by atoms with van der Waals surface area (Å²) in [4.78, 5) is 22.5. The van der Waals surface area contributed by atoms with E-state index >= 15 is 0 Å². The summed E-state index contributed by atoms with van der Waals surface area (Å²) in [5.41, 5.74) is 0.644. The minimum atomic E-state index is -1.04. The largest absolute Gasteiger partial charge is 0.364 e. The predicted octanol–water partition coefficient (Wildman–Crippen LogP) is 1.23. The lowest BCUT2D eigenvalue weighted by Crippen LogP contribution is -2.35. The number of anilines is 1. The van der Waals surface area contributed by atoms with Crippen LogP contribution in [0.3, 0.4) is 0 Å². The number of Topliss-reactive ketones (excluding diaryl/α,β-unsaturated/α-hetero) is 1. The summed E-state index contributed by atoms with van der Waals surface area (Å²) in [5.74, 6) is -0.762. The molecule has 0 aliphatic heterocycles. The Balaban J connectivity index is 2.66. The van der Waals surface area contributed by atoms with Gasteiger partial charge in [0.05, 0.1) is 0 Å². The first-order valence-corrected chi connectivity index (χ1v) is 4.54. The first-order valence-electron chi connectivity index (χ1n) is 4.54. The molecule has 1 unspecified atom stereocenters. The summed E-state index contributed by atoms with van der Waals surface area (Å²) in [6, 6.07) is 8.92. The van der Waals surface area contributed by atoms with Crippen molar-refractivity contribution in [1.29, 1.82) is 0 Å². The summed E-state index contributed by atoms with van der Waals surface area (Å²) in [6.45, 7) is 1.32. The lowest BCUT2D eigenvalue weighted by molar-refractivity contribution is -0.137. The minimum absolute atomic E-state index is 0.314. The van der Waals surface area contributed by atoms with Gasteiger partial charge in [0, 0.05) is 12.8 Å². The number of nitrogens with one attached hydrogen (secondary N) is 1. The SMILES string of the molecule is COC(C(C)=O)C(=O)Nc1ccccc1. The van der Waals surface area contributed by atoms with Gasteiger partial charge in [-0.3, -0.25) is 9.59 Å². The molecule has 4 heteroatoms. The molecule has 0 bridgehead atoms. The molecule has 0 aliphatic carbocycles. The fraction of sp³-hybridized carbons (Fsp3) is 0.273. The number of ether oxygens (including phenoxy) is 1. The van der Waals surface area contributed by atoms with Crippen LogP contribution in [0.15, 0.2) is 30.3 Å². The molecule has 0 saturated heterocycles. The van der Waals surface area contributed by atoms with Crippen LogP contribution >= 0.6 is 0 Å². The van der Waals surface area contributed by atoms with E-state index in [-0.39, 0.29) is 5.78 Å². The molecule has 1 atom stereocenters. The molecule has 4 nitrogen and oxygen atoms in total. The Hall–Kier alpha value is -1.68. The van der Waals surface area contributed by atoms with Crippen LogP contribution in [0.1, 0.15) is 6.92 Å². The molecule has 0 radical (unpaired) electrons. The van der Waals surface area contributed by atoms with E-state index in [0.29, 0.717) is 5.69 Å². The Labute approximate surface area is 88.2 Å². The number of hydrogen-bond donors (Lipinski definition) is 1. The smallest absolute Gasteiger partial charge is 0.261 e. The van der Waals surface area contributed by atoms with Gasteiger partial charge >= 0.3 is 0 Å². The third-order valence-corrected chi connectivity index (χ3v) is 1.88. The molecule has 1 rings (SSSR count). The highest BCUT2D eigenvalue weighted by atomic mass is 16.5. The molecule has 0 fully saturated rings. The molecule has 0 heterocycles. The lowest BCUT2D eigenvalue weighted by Gasteiger charge is -2.11. The monoisotopic (exact) mass is 207 g/mol. The van der Waals surface area contributed by atoms with Crippen molar-refractivity contribution in [1.82, 2.24) is 0 Å². The van der Waals surface area contributed by atoms with Crippen LogP contribution in [0.4, 0.5) is 5.69 Å². The molecular weight excluding hydrogens is 194 g/mol. The average molecular weight is 207 g/mol. The van der Waals surface area contributed by atoms with Crippen LogP contribution in [0.5, 0.6) is 0 Å². The van der Waals surface area contributed by atoms with Crippen molar-refractivity contribution < 1.29 is 14.3 Å². The average Bonchev–Trinajstić information content (AvgIpc) is 2.19. The van der Waals surface area contributed by atoms with Crippen molar-refractivity contribution in [3.8, 4) is 0 Å². The maximum atomic E-state index is 11.5. The minimum Gasteiger partial charge on any atom is -0.364 e. The zero-order valence-corrected chi connectivity index (χ0v) is 8.69. The van der Waals surface area contributed by atoms with Gasteiger partial charge in [-0.15, -0.1) is 0 Å². The number of hydrogen-bond acceptors (Lipinski definition) is 3. The Morgan fingerprint density at radius 1 is 1.27 bits per heavy atom.